The van der Waals surface area contributed by atoms with Crippen molar-refractivity contribution in [1.29, 1.82) is 0 Å². The molecule has 794 valence electrons. The summed E-state index contributed by atoms with van der Waals surface area (Å²) in [6.45, 7) is 32.7. The summed E-state index contributed by atoms with van der Waals surface area (Å²) in [6, 6.07) is -12.9. The molecule has 2 aliphatic rings. The van der Waals surface area contributed by atoms with Crippen LogP contribution < -0.4 is 59.3 Å². The van der Waals surface area contributed by atoms with Gasteiger partial charge in [-0.15, -0.1) is 0 Å². The van der Waals surface area contributed by atoms with Crippen LogP contribution in [0.25, 0.3) is 0 Å². The topological polar surface area (TPSA) is 588 Å². The van der Waals surface area contributed by atoms with E-state index in [4.69, 9.17) is 39.5 Å². The van der Waals surface area contributed by atoms with E-state index >= 15 is 0 Å². The lowest BCUT2D eigenvalue weighted by Gasteiger charge is -2.49. The highest BCUT2D eigenvalue weighted by Crippen LogP contribution is 2.61. The first-order valence-electron chi connectivity index (χ1n) is 48.7. The lowest BCUT2D eigenvalue weighted by Crippen LogP contribution is -2.70. The number of carboxylic acid groups (broad SMARTS) is 1. The Morgan fingerprint density at radius 3 is 1.19 bits per heavy atom. The van der Waals surface area contributed by atoms with Crippen LogP contribution in [0.1, 0.15) is 299 Å². The maximum Gasteiger partial charge on any atom is 0.483 e. The molecular weight excluding hydrogens is 1850 g/mol. The minimum atomic E-state index is -5.97. The highest BCUT2D eigenvalue weighted by molar-refractivity contribution is 7.61. The van der Waals surface area contributed by atoms with Crippen molar-refractivity contribution in [2.45, 2.75) is 409 Å². The quantitative estimate of drug-likeness (QED) is 0.0153. The van der Waals surface area contributed by atoms with E-state index < -0.39 is 223 Å². The number of carbonyl (C=O) groups is 11. The number of unbranched alkanes of at least 4 members (excludes halogenated alkanes) is 1. The number of allylic oxidation sites excluding steroid dienone is 21. The molecule has 0 spiro atoms. The molecule has 0 bridgehead atoms. The first-order valence-corrected chi connectivity index (χ1v) is 51.7. The molecule has 0 aromatic rings. The first kappa shape index (κ1) is 127. The van der Waals surface area contributed by atoms with E-state index in [1.807, 2.05) is 6.92 Å². The Morgan fingerprint density at radius 1 is 0.407 bits per heavy atom. The van der Waals surface area contributed by atoms with Crippen LogP contribution in [-0.2, 0) is 94.2 Å². The van der Waals surface area contributed by atoms with E-state index in [-0.39, 0.29) is 25.8 Å². The molecule has 10 amide bonds. The summed E-state index contributed by atoms with van der Waals surface area (Å²) in [6.07, 6.45) is 26.4. The van der Waals surface area contributed by atoms with Crippen LogP contribution in [0.15, 0.2) is 128 Å². The number of phosphoric ester groups is 2. The van der Waals surface area contributed by atoms with Crippen LogP contribution in [0.2, 0.25) is 0 Å². The fourth-order valence-electron chi connectivity index (χ4n) is 14.8. The normalized spacial score (nSPS) is 22.1. The van der Waals surface area contributed by atoms with E-state index in [2.05, 4.69) is 182 Å². The maximum absolute atomic E-state index is 14.3. The van der Waals surface area contributed by atoms with Gasteiger partial charge >= 0.3 is 21.6 Å². The lowest BCUT2D eigenvalue weighted by atomic mass is 9.94. The van der Waals surface area contributed by atoms with Gasteiger partial charge in [-0.25, -0.2) is 9.13 Å². The molecule has 0 aromatic heterocycles. The second-order valence-electron chi connectivity index (χ2n) is 37.3. The number of aliphatic hydroxyl groups is 4. The maximum atomic E-state index is 14.3. The van der Waals surface area contributed by atoms with E-state index in [1.165, 1.54) is 83.9 Å². The summed E-state index contributed by atoms with van der Waals surface area (Å²) in [5.74, 6) is -10.4. The average molecular weight is 2020 g/mol. The molecule has 20 atom stereocenters. The largest absolute Gasteiger partial charge is 0.483 e. The average Bonchev–Trinajstić information content (AvgIpc) is 0.763. The summed E-state index contributed by atoms with van der Waals surface area (Å²) in [7, 11) is -11.5. The molecule has 38 nitrogen and oxygen atoms in total. The lowest BCUT2D eigenvalue weighted by molar-refractivity contribution is -0.331. The number of hydrogen-bond donors (Lipinski definition) is 18. The van der Waals surface area contributed by atoms with Gasteiger partial charge in [-0.1, -0.05) is 128 Å². The summed E-state index contributed by atoms with van der Waals surface area (Å²) in [4.78, 5) is 165. The van der Waals surface area contributed by atoms with Crippen molar-refractivity contribution in [1.82, 2.24) is 47.9 Å². The molecule has 0 saturated carbocycles. The Kier molecular flexibility index (Phi) is 61.5. The molecule has 2 rings (SSSR count). The minimum absolute atomic E-state index is 0.0436. The smallest absolute Gasteiger partial charge is 0.480 e. The second kappa shape index (κ2) is 67.7. The van der Waals surface area contributed by atoms with Crippen molar-refractivity contribution < 1.29 is 129 Å². The predicted molar refractivity (Wildman–Crippen MR) is 536 cm³/mol. The van der Waals surface area contributed by atoms with Gasteiger partial charge in [0.1, 0.15) is 91.1 Å². The van der Waals surface area contributed by atoms with E-state index in [0.29, 0.717) is 18.4 Å². The molecule has 2 saturated heterocycles. The van der Waals surface area contributed by atoms with Gasteiger partial charge in [-0.05, 0) is 279 Å². The van der Waals surface area contributed by atoms with Gasteiger partial charge in [0.25, 0.3) is 0 Å². The Hall–Kier alpha value is -8.79. The monoisotopic (exact) mass is 2020 g/mol. The number of hydrogen-bond acceptors (Lipinski definition) is 25. The SMILES string of the molecule is CC(=O)N[C@H]1[C@@H](O[C@H]2[C@H](O[C@H](C)C(=O)N[C@@H](C)C(=O)N[C@H](CCC(=O)N[C@@H](CCCCNC(=O)[C@H](C)NC(=O)[C@H](C)N)C(=O)N[C@H](C)C(=O)N[C@H](C)C(=O)O)C(N)=O)[C@@H](NC(C)=O)[C@@H](OP(=O)(O)OP(=O)(O)OC/C=C(/C)CC/C=C(/C)CC/C=C(/C)CC/C=C(/C)CC/C=C(/C)CC/C=C(/C)CC/C=C(/C)CC/C=C(/C)CC/C=C(\C)CC/C=C(\C)CCC=C(C)C)O[C@@H]2CO)O[C@H](CO)[C@@H](O)[C@@H]1O. The van der Waals surface area contributed by atoms with Gasteiger partial charge in [-0.2, -0.15) is 4.31 Å². The zero-order valence-corrected chi connectivity index (χ0v) is 87.9. The molecule has 2 heterocycles. The number of carboxylic acids is 1. The number of nitrogens with two attached hydrogens (primary N) is 2. The third-order valence-electron chi connectivity index (χ3n) is 23.5. The molecule has 2 fully saturated rings. The highest BCUT2D eigenvalue weighted by atomic mass is 31.3. The Morgan fingerprint density at radius 2 is 0.786 bits per heavy atom. The Labute approximate surface area is 828 Å². The van der Waals surface area contributed by atoms with E-state index in [0.717, 1.165) is 149 Å². The number of amides is 10. The van der Waals surface area contributed by atoms with Crippen molar-refractivity contribution in [3.05, 3.63) is 128 Å². The van der Waals surface area contributed by atoms with Crippen LogP contribution in [0.5, 0.6) is 0 Å². The fraction of sp³-hybridized carbons (Fsp3) is 0.670. The number of rotatable bonds is 67. The Bertz CT molecular complexity index is 4460. The van der Waals surface area contributed by atoms with Crippen molar-refractivity contribution in [2.24, 2.45) is 11.5 Å². The second-order valence-corrected chi connectivity index (χ2v) is 40.3. The van der Waals surface area contributed by atoms with Gasteiger partial charge < -0.3 is 114 Å². The molecule has 0 aromatic carbocycles. The third-order valence-corrected chi connectivity index (χ3v) is 26.1. The third kappa shape index (κ3) is 54.1. The summed E-state index contributed by atoms with van der Waals surface area (Å²) < 4.78 is 66.6. The number of aliphatic carboxylic acids is 1. The van der Waals surface area contributed by atoms with Crippen LogP contribution in [0.3, 0.4) is 0 Å². The molecule has 0 radical (unpaired) electrons. The summed E-state index contributed by atoms with van der Waals surface area (Å²) in [5, 5.41) is 74.1. The van der Waals surface area contributed by atoms with Crippen LogP contribution >= 0.6 is 15.6 Å². The number of aliphatic hydroxyl groups excluding tert-OH is 4. The summed E-state index contributed by atoms with van der Waals surface area (Å²) >= 11 is 0. The molecule has 40 heteroatoms. The number of ether oxygens (including phenoxy) is 4. The number of phosphoric acid groups is 2. The van der Waals surface area contributed by atoms with Crippen molar-refractivity contribution in [3.63, 3.8) is 0 Å². The Balaban J connectivity index is 2.14. The molecule has 20 N–H and O–H groups in total. The predicted octanol–water partition coefficient (Wildman–Crippen LogP) is 10.8. The van der Waals surface area contributed by atoms with Crippen LogP contribution in [0.4, 0.5) is 0 Å². The van der Waals surface area contributed by atoms with Gasteiger partial charge in [-0.3, -0.25) is 61.8 Å². The number of primary amides is 1. The zero-order valence-electron chi connectivity index (χ0n) is 86.1. The van der Waals surface area contributed by atoms with E-state index in [1.54, 1.807) is 6.92 Å². The van der Waals surface area contributed by atoms with Gasteiger partial charge in [0.15, 0.2) is 12.6 Å². The van der Waals surface area contributed by atoms with Crippen LogP contribution in [-0.4, -0.2) is 236 Å². The highest BCUT2D eigenvalue weighted by Gasteiger charge is 2.56. The van der Waals surface area contributed by atoms with Crippen molar-refractivity contribution in [2.75, 3.05) is 26.4 Å². The number of carbonyl (C=O) groups excluding carboxylic acids is 10. The van der Waals surface area contributed by atoms with Crippen LogP contribution in [0, 0.1) is 0 Å². The molecule has 0 aliphatic carbocycles. The zero-order chi connectivity index (χ0) is 106. The fourth-order valence-corrected chi connectivity index (χ4v) is 16.9. The minimum Gasteiger partial charge on any atom is -0.480 e. The summed E-state index contributed by atoms with van der Waals surface area (Å²) in [5.41, 5.74) is 26.0. The number of nitrogens with one attached hydrogen (secondary N) is 9. The van der Waals surface area contributed by atoms with Gasteiger partial charge in [0.2, 0.25) is 59.1 Å². The van der Waals surface area contributed by atoms with Gasteiger partial charge in [0.05, 0.1) is 25.9 Å². The van der Waals surface area contributed by atoms with Crippen molar-refractivity contribution in [3.8, 4) is 0 Å². The van der Waals surface area contributed by atoms with E-state index in [9.17, 15) is 97.2 Å². The molecule has 2 unspecified atom stereocenters. The first-order chi connectivity index (χ1) is 65.7. The van der Waals surface area contributed by atoms with Gasteiger partial charge in [0, 0.05) is 26.8 Å². The van der Waals surface area contributed by atoms with Crippen molar-refractivity contribution >= 4 is 80.7 Å². The molecule has 140 heavy (non-hydrogen) atoms. The molecule has 2 aliphatic heterocycles. The molecular formula is C100H167N11O27P2. The standard InChI is InChI=1S/C100H167N11O27P2/c1-61(2)33-23-34-62(3)35-24-36-63(4)37-25-38-64(5)39-26-40-65(6)41-27-42-66(7)43-28-44-67(8)45-29-46-68(9)47-30-48-69(10)49-31-50-70(11)51-32-52-71(12)56-58-132-139(128,129)138-140(130,131)137-100-86(109-79(20)115)90(89(83(60-113)135-100)136-99-85(108-78(19)114)88(118)87(117)82(59-112)134-99)133-77(18)96(124)105-75(16)95(123)111-80(91(102)119)54-55-84(116)110-81(97(125)106-74(15)94(122)107-76(17)98(126)127)53-21-22-57-103-93(121)73(14)104-92(120)72(13)101/h33,35,37,39,41,43,45,47,49,51,56,72-77,80-83,85-90,99-100,112-113,117-118H,21-32,34,36,38,40,42,44,46,48,50,52-55,57-60,101H2,1-20H3,(H2,102,119)(H,103,121)(H,104,120)(H,105,124)(H,106,125)(H,107,122)(H,108,114)(H,109,115)(H,110,116)(H,111,123)(H,126,127)(H,128,129)(H,130,131)/b62-35+,63-37+,64-39-,65-41-,66-43-,67-45-,68-47-,69-49-,70-51-,71-56-/t72-,73-,74+,75-,76+,77+,80+,81-,82+,83+,85+,86+,87+,88+,89+,90+,99+,100+/m0/s1.